The fourth-order valence-corrected chi connectivity index (χ4v) is 1.85. The lowest BCUT2D eigenvalue weighted by Gasteiger charge is -2.32. The van der Waals surface area contributed by atoms with Gasteiger partial charge in [0.25, 0.3) is 0 Å². The van der Waals surface area contributed by atoms with E-state index in [-0.39, 0.29) is 11.5 Å². The second-order valence-electron chi connectivity index (χ2n) is 4.63. The van der Waals surface area contributed by atoms with E-state index in [1.165, 1.54) is 6.07 Å². The number of hydrogen-bond donors (Lipinski definition) is 1. The summed E-state index contributed by atoms with van der Waals surface area (Å²) in [5, 5.41) is 10.2. The Morgan fingerprint density at radius 2 is 2.32 bits per heavy atom. The zero-order chi connectivity index (χ0) is 14.0. The summed E-state index contributed by atoms with van der Waals surface area (Å²) in [5.41, 5.74) is 0.634. The van der Waals surface area contributed by atoms with Gasteiger partial charge in [-0.1, -0.05) is 6.58 Å². The Hall–Kier alpha value is -2.01. The fraction of sp³-hybridized carbons (Fsp3) is 0.357. The minimum absolute atomic E-state index is 0.0574. The molecule has 0 atom stereocenters. The summed E-state index contributed by atoms with van der Waals surface area (Å²) in [7, 11) is 0. The molecule has 1 aliphatic heterocycles. The number of ether oxygens (including phenoxy) is 2. The maximum Gasteiger partial charge on any atom is 0.335 e. The van der Waals surface area contributed by atoms with E-state index >= 15 is 0 Å². The third kappa shape index (κ3) is 2.71. The van der Waals surface area contributed by atoms with Crippen LogP contribution in [0.15, 0.2) is 24.8 Å². The van der Waals surface area contributed by atoms with Crippen molar-refractivity contribution in [1.29, 1.82) is 0 Å². The molecule has 0 unspecified atom stereocenters. The van der Waals surface area contributed by atoms with Crippen LogP contribution in [0.5, 0.6) is 17.2 Å². The molecule has 1 N–H and O–H groups in total. The SMILES string of the molecule is C=CC(=O)Oc1ccc2c(c1O)CN(C(C)C)CO2. The summed E-state index contributed by atoms with van der Waals surface area (Å²) < 4.78 is 10.5. The van der Waals surface area contributed by atoms with E-state index < -0.39 is 5.97 Å². The molecule has 0 spiro atoms. The highest BCUT2D eigenvalue weighted by molar-refractivity contribution is 5.84. The van der Waals surface area contributed by atoms with Crippen molar-refractivity contribution in [1.82, 2.24) is 4.90 Å². The number of fused-ring (bicyclic) bond motifs is 1. The van der Waals surface area contributed by atoms with Gasteiger partial charge in [0.15, 0.2) is 11.5 Å². The average molecular weight is 263 g/mol. The smallest absolute Gasteiger partial charge is 0.335 e. The van der Waals surface area contributed by atoms with Gasteiger partial charge in [0.05, 0.1) is 5.56 Å². The minimum Gasteiger partial charge on any atom is -0.504 e. The number of esters is 1. The lowest BCUT2D eigenvalue weighted by atomic mass is 10.1. The molecule has 1 aromatic carbocycles. The molecule has 1 aromatic rings. The zero-order valence-electron chi connectivity index (χ0n) is 11.0. The molecule has 102 valence electrons. The normalized spacial score (nSPS) is 14.7. The standard InChI is InChI=1S/C14H17NO4/c1-4-13(16)19-12-6-5-11-10(14(12)17)7-15(8-18-11)9(2)3/h4-6,9,17H,1,7-8H2,2-3H3. The van der Waals surface area contributed by atoms with Crippen molar-refractivity contribution in [2.45, 2.75) is 26.4 Å². The Bertz CT molecular complexity index is 510. The largest absolute Gasteiger partial charge is 0.504 e. The Morgan fingerprint density at radius 1 is 1.58 bits per heavy atom. The molecule has 0 aliphatic carbocycles. The molecule has 0 radical (unpaired) electrons. The zero-order valence-corrected chi connectivity index (χ0v) is 11.0. The Balaban J connectivity index is 2.30. The van der Waals surface area contributed by atoms with Crippen LogP contribution in [0.25, 0.3) is 0 Å². The predicted octanol–water partition coefficient (Wildman–Crippen LogP) is 2.04. The number of nitrogens with zero attached hydrogens (tertiary/aromatic N) is 1. The predicted molar refractivity (Wildman–Crippen MR) is 70.1 cm³/mol. The van der Waals surface area contributed by atoms with Crippen LogP contribution in [0.1, 0.15) is 19.4 Å². The Labute approximate surface area is 112 Å². The first-order valence-electron chi connectivity index (χ1n) is 6.09. The summed E-state index contributed by atoms with van der Waals surface area (Å²) in [4.78, 5) is 13.2. The van der Waals surface area contributed by atoms with Crippen LogP contribution >= 0.6 is 0 Å². The Morgan fingerprint density at radius 3 is 2.95 bits per heavy atom. The molecule has 0 aromatic heterocycles. The van der Waals surface area contributed by atoms with E-state index in [0.29, 0.717) is 30.6 Å². The molecule has 2 rings (SSSR count). The molecule has 0 amide bonds. The van der Waals surface area contributed by atoms with E-state index in [1.807, 2.05) is 13.8 Å². The summed E-state index contributed by atoms with van der Waals surface area (Å²) in [6.45, 7) is 8.45. The van der Waals surface area contributed by atoms with E-state index in [2.05, 4.69) is 11.5 Å². The number of benzene rings is 1. The molecule has 0 saturated heterocycles. The van der Waals surface area contributed by atoms with Crippen molar-refractivity contribution in [3.63, 3.8) is 0 Å². The van der Waals surface area contributed by atoms with E-state index in [0.717, 1.165) is 6.08 Å². The molecule has 19 heavy (non-hydrogen) atoms. The van der Waals surface area contributed by atoms with Crippen molar-refractivity contribution >= 4 is 5.97 Å². The summed E-state index contributed by atoms with van der Waals surface area (Å²) >= 11 is 0. The quantitative estimate of drug-likeness (QED) is 0.514. The summed E-state index contributed by atoms with van der Waals surface area (Å²) in [6, 6.07) is 3.51. The van der Waals surface area contributed by atoms with Crippen molar-refractivity contribution in [3.8, 4) is 17.2 Å². The van der Waals surface area contributed by atoms with Gasteiger partial charge in [0, 0.05) is 18.7 Å². The van der Waals surface area contributed by atoms with Crippen molar-refractivity contribution in [2.75, 3.05) is 6.73 Å². The van der Waals surface area contributed by atoms with Crippen LogP contribution in [-0.2, 0) is 11.3 Å². The third-order valence-corrected chi connectivity index (χ3v) is 3.06. The van der Waals surface area contributed by atoms with Crippen molar-refractivity contribution in [2.24, 2.45) is 0 Å². The lowest BCUT2D eigenvalue weighted by Crippen LogP contribution is -2.37. The molecule has 5 heteroatoms. The topological polar surface area (TPSA) is 59.0 Å². The lowest BCUT2D eigenvalue weighted by molar-refractivity contribution is -0.129. The molecule has 0 fully saturated rings. The van der Waals surface area contributed by atoms with Gasteiger partial charge < -0.3 is 14.6 Å². The first-order valence-corrected chi connectivity index (χ1v) is 6.09. The Kier molecular flexibility index (Phi) is 3.76. The second-order valence-corrected chi connectivity index (χ2v) is 4.63. The highest BCUT2D eigenvalue weighted by Crippen LogP contribution is 2.39. The van der Waals surface area contributed by atoms with Gasteiger partial charge in [-0.15, -0.1) is 0 Å². The van der Waals surface area contributed by atoms with Gasteiger partial charge in [-0.3, -0.25) is 4.90 Å². The number of carbonyl (C=O) groups is 1. The number of rotatable bonds is 3. The van der Waals surface area contributed by atoms with Gasteiger partial charge in [-0.2, -0.15) is 0 Å². The highest BCUT2D eigenvalue weighted by Gasteiger charge is 2.24. The van der Waals surface area contributed by atoms with Crippen LogP contribution in [0.4, 0.5) is 0 Å². The summed E-state index contributed by atoms with van der Waals surface area (Å²) in [6.07, 6.45) is 1.05. The number of carbonyl (C=O) groups excluding carboxylic acids is 1. The second kappa shape index (κ2) is 5.32. The maximum absolute atomic E-state index is 11.2. The van der Waals surface area contributed by atoms with Crippen LogP contribution < -0.4 is 9.47 Å². The minimum atomic E-state index is -0.604. The van der Waals surface area contributed by atoms with Gasteiger partial charge >= 0.3 is 5.97 Å². The fourth-order valence-electron chi connectivity index (χ4n) is 1.85. The number of hydrogen-bond acceptors (Lipinski definition) is 5. The first kappa shape index (κ1) is 13.4. The van der Waals surface area contributed by atoms with Gasteiger partial charge in [0.1, 0.15) is 12.5 Å². The van der Waals surface area contributed by atoms with Gasteiger partial charge in [-0.05, 0) is 26.0 Å². The number of phenols is 1. The molecule has 1 heterocycles. The van der Waals surface area contributed by atoms with E-state index in [4.69, 9.17) is 9.47 Å². The molecular formula is C14H17NO4. The first-order chi connectivity index (χ1) is 9.02. The molecule has 0 saturated carbocycles. The van der Waals surface area contributed by atoms with Crippen molar-refractivity contribution < 1.29 is 19.4 Å². The number of aromatic hydroxyl groups is 1. The van der Waals surface area contributed by atoms with Crippen LogP contribution in [0, 0.1) is 0 Å². The highest BCUT2D eigenvalue weighted by atomic mass is 16.5. The van der Waals surface area contributed by atoms with E-state index in [9.17, 15) is 9.90 Å². The van der Waals surface area contributed by atoms with Crippen LogP contribution in [-0.4, -0.2) is 28.7 Å². The van der Waals surface area contributed by atoms with Crippen LogP contribution in [0.3, 0.4) is 0 Å². The van der Waals surface area contributed by atoms with Gasteiger partial charge in [0.2, 0.25) is 0 Å². The van der Waals surface area contributed by atoms with E-state index in [1.54, 1.807) is 6.07 Å². The third-order valence-electron chi connectivity index (χ3n) is 3.06. The molecule has 5 nitrogen and oxygen atoms in total. The van der Waals surface area contributed by atoms with Crippen molar-refractivity contribution in [3.05, 3.63) is 30.4 Å². The molecule has 0 bridgehead atoms. The maximum atomic E-state index is 11.2. The number of phenolic OH excluding ortho intramolecular Hbond substituents is 1. The average Bonchev–Trinajstić information content (AvgIpc) is 2.41. The van der Waals surface area contributed by atoms with Gasteiger partial charge in [-0.25, -0.2) is 4.79 Å². The monoisotopic (exact) mass is 263 g/mol. The molecule has 1 aliphatic rings. The van der Waals surface area contributed by atoms with Crippen LogP contribution in [0.2, 0.25) is 0 Å². The molecular weight excluding hydrogens is 246 g/mol. The summed E-state index contributed by atoms with van der Waals surface area (Å²) in [5.74, 6) is 0.0800.